The van der Waals surface area contributed by atoms with Crippen molar-refractivity contribution in [1.82, 2.24) is 20.1 Å². The SMILES string of the molecule is Cc1nnc(SCC(=O)N[C@H]2CCC[C@H](C)[C@@H]2C)n1C1CC1. The number of rotatable bonds is 5. The van der Waals surface area contributed by atoms with E-state index < -0.39 is 0 Å². The van der Waals surface area contributed by atoms with Crippen molar-refractivity contribution in [1.29, 1.82) is 0 Å². The van der Waals surface area contributed by atoms with Crippen LogP contribution in [0.25, 0.3) is 0 Å². The molecule has 0 spiro atoms. The number of carbonyl (C=O) groups is 1. The summed E-state index contributed by atoms with van der Waals surface area (Å²) in [7, 11) is 0. The van der Waals surface area contributed by atoms with Crippen molar-refractivity contribution in [3.63, 3.8) is 0 Å². The van der Waals surface area contributed by atoms with Crippen LogP contribution in [0.3, 0.4) is 0 Å². The Labute approximate surface area is 136 Å². The number of aryl methyl sites for hydroxylation is 1. The van der Waals surface area contributed by atoms with Crippen LogP contribution in [0.2, 0.25) is 0 Å². The Balaban J connectivity index is 1.52. The lowest BCUT2D eigenvalue weighted by atomic mass is 9.78. The summed E-state index contributed by atoms with van der Waals surface area (Å²) in [6.07, 6.45) is 6.02. The van der Waals surface area contributed by atoms with Crippen LogP contribution in [0.1, 0.15) is 57.8 Å². The molecule has 1 heterocycles. The van der Waals surface area contributed by atoms with Gasteiger partial charge in [-0.05, 0) is 38.0 Å². The summed E-state index contributed by atoms with van der Waals surface area (Å²) in [5.41, 5.74) is 0. The van der Waals surface area contributed by atoms with Gasteiger partial charge in [0, 0.05) is 12.1 Å². The Bertz CT molecular complexity index is 540. The third-order valence-corrected chi connectivity index (χ3v) is 6.08. The average Bonchev–Trinajstić information content (AvgIpc) is 3.25. The molecule has 2 saturated carbocycles. The summed E-state index contributed by atoms with van der Waals surface area (Å²) in [5, 5.41) is 12.5. The van der Waals surface area contributed by atoms with E-state index in [0.29, 0.717) is 29.7 Å². The van der Waals surface area contributed by atoms with E-state index in [1.165, 1.54) is 37.4 Å². The average molecular weight is 322 g/mol. The van der Waals surface area contributed by atoms with Gasteiger partial charge in [0.05, 0.1) is 5.75 Å². The standard InChI is InChI=1S/C16H26N4OS/c1-10-5-4-6-14(11(10)2)17-15(21)9-22-16-19-18-12(3)20(16)13-7-8-13/h10-11,13-14H,4-9H2,1-3H3,(H,17,21)/t10-,11-,14-/m0/s1. The van der Waals surface area contributed by atoms with Gasteiger partial charge in [0.15, 0.2) is 5.16 Å². The molecule has 0 radical (unpaired) electrons. The Morgan fingerprint density at radius 3 is 2.77 bits per heavy atom. The molecule has 22 heavy (non-hydrogen) atoms. The highest BCUT2D eigenvalue weighted by Crippen LogP contribution is 2.38. The van der Waals surface area contributed by atoms with Gasteiger partial charge in [-0.15, -0.1) is 10.2 Å². The first-order valence-corrected chi connectivity index (χ1v) is 9.38. The molecule has 0 unspecified atom stereocenters. The molecule has 1 aromatic rings. The van der Waals surface area contributed by atoms with E-state index in [-0.39, 0.29) is 5.91 Å². The third-order valence-electron chi connectivity index (χ3n) is 5.13. The van der Waals surface area contributed by atoms with Crippen LogP contribution in [0.15, 0.2) is 5.16 Å². The minimum atomic E-state index is 0.124. The van der Waals surface area contributed by atoms with Gasteiger partial charge in [-0.25, -0.2) is 0 Å². The number of hydrogen-bond acceptors (Lipinski definition) is 4. The van der Waals surface area contributed by atoms with Gasteiger partial charge >= 0.3 is 0 Å². The van der Waals surface area contributed by atoms with Crippen LogP contribution in [0, 0.1) is 18.8 Å². The van der Waals surface area contributed by atoms with Crippen LogP contribution < -0.4 is 5.32 Å². The highest BCUT2D eigenvalue weighted by Gasteiger charge is 2.30. The Kier molecular flexibility index (Phi) is 4.76. The lowest BCUT2D eigenvalue weighted by Gasteiger charge is -2.34. The van der Waals surface area contributed by atoms with Gasteiger partial charge in [-0.1, -0.05) is 38.5 Å². The Hall–Kier alpha value is -1.04. The number of nitrogens with one attached hydrogen (secondary N) is 1. The molecule has 2 aliphatic carbocycles. The van der Waals surface area contributed by atoms with Crippen LogP contribution in [0.5, 0.6) is 0 Å². The molecule has 2 aliphatic rings. The summed E-state index contributed by atoms with van der Waals surface area (Å²) in [5.74, 6) is 2.79. The largest absolute Gasteiger partial charge is 0.352 e. The van der Waals surface area contributed by atoms with Crippen molar-refractivity contribution in [3.8, 4) is 0 Å². The second-order valence-corrected chi connectivity index (χ2v) is 7.80. The van der Waals surface area contributed by atoms with E-state index in [2.05, 4.69) is 33.9 Å². The van der Waals surface area contributed by atoms with Crippen molar-refractivity contribution in [2.75, 3.05) is 5.75 Å². The zero-order chi connectivity index (χ0) is 15.7. The quantitative estimate of drug-likeness (QED) is 0.847. The summed E-state index contributed by atoms with van der Waals surface area (Å²) >= 11 is 1.51. The molecule has 1 amide bonds. The summed E-state index contributed by atoms with van der Waals surface area (Å²) in [6.45, 7) is 6.54. The third kappa shape index (κ3) is 3.47. The van der Waals surface area contributed by atoms with Crippen molar-refractivity contribution in [2.24, 2.45) is 11.8 Å². The molecule has 0 aliphatic heterocycles. The van der Waals surface area contributed by atoms with E-state index >= 15 is 0 Å². The maximum atomic E-state index is 12.3. The van der Waals surface area contributed by atoms with Crippen LogP contribution in [-0.4, -0.2) is 32.5 Å². The molecule has 3 atom stereocenters. The zero-order valence-corrected chi connectivity index (χ0v) is 14.5. The van der Waals surface area contributed by atoms with Crippen molar-refractivity contribution in [3.05, 3.63) is 5.82 Å². The second kappa shape index (κ2) is 6.60. The molecule has 5 nitrogen and oxygen atoms in total. The van der Waals surface area contributed by atoms with Crippen molar-refractivity contribution >= 4 is 17.7 Å². The van der Waals surface area contributed by atoms with E-state index in [4.69, 9.17) is 0 Å². The number of amides is 1. The highest BCUT2D eigenvalue weighted by atomic mass is 32.2. The molecule has 3 rings (SSSR count). The molecule has 2 fully saturated rings. The normalized spacial score (nSPS) is 28.6. The molecule has 0 bridgehead atoms. The molecule has 6 heteroatoms. The topological polar surface area (TPSA) is 59.8 Å². The molecule has 0 saturated heterocycles. The minimum Gasteiger partial charge on any atom is -0.352 e. The number of nitrogens with zero attached hydrogens (tertiary/aromatic N) is 3. The summed E-state index contributed by atoms with van der Waals surface area (Å²) in [4.78, 5) is 12.3. The van der Waals surface area contributed by atoms with Crippen LogP contribution in [-0.2, 0) is 4.79 Å². The first-order valence-electron chi connectivity index (χ1n) is 8.40. The fraction of sp³-hybridized carbons (Fsp3) is 0.812. The van der Waals surface area contributed by atoms with Crippen LogP contribution in [0.4, 0.5) is 0 Å². The predicted molar refractivity (Wildman–Crippen MR) is 87.9 cm³/mol. The highest BCUT2D eigenvalue weighted by molar-refractivity contribution is 7.99. The van der Waals surface area contributed by atoms with E-state index in [1.54, 1.807) is 0 Å². The van der Waals surface area contributed by atoms with Crippen molar-refractivity contribution in [2.45, 2.75) is 70.1 Å². The first kappa shape index (κ1) is 15.8. The molecule has 122 valence electrons. The monoisotopic (exact) mass is 322 g/mol. The lowest BCUT2D eigenvalue weighted by Crippen LogP contribution is -2.44. The van der Waals surface area contributed by atoms with Gasteiger partial charge < -0.3 is 9.88 Å². The van der Waals surface area contributed by atoms with Gasteiger partial charge in [0.25, 0.3) is 0 Å². The molecule has 1 aromatic heterocycles. The second-order valence-electron chi connectivity index (χ2n) is 6.86. The predicted octanol–water partition coefficient (Wildman–Crippen LogP) is 2.95. The van der Waals surface area contributed by atoms with Gasteiger partial charge in [-0.3, -0.25) is 4.79 Å². The number of hydrogen-bond donors (Lipinski definition) is 1. The maximum absolute atomic E-state index is 12.3. The number of carbonyl (C=O) groups excluding carboxylic acids is 1. The van der Waals surface area contributed by atoms with Crippen LogP contribution >= 0.6 is 11.8 Å². The molecule has 0 aromatic carbocycles. The van der Waals surface area contributed by atoms with Gasteiger partial charge in [0.2, 0.25) is 5.91 Å². The van der Waals surface area contributed by atoms with Gasteiger partial charge in [0.1, 0.15) is 5.82 Å². The molecule has 1 N–H and O–H groups in total. The fourth-order valence-electron chi connectivity index (χ4n) is 3.37. The van der Waals surface area contributed by atoms with Crippen molar-refractivity contribution < 1.29 is 4.79 Å². The fourth-order valence-corrected chi connectivity index (χ4v) is 4.23. The molecular weight excluding hydrogens is 296 g/mol. The maximum Gasteiger partial charge on any atom is 0.230 e. The van der Waals surface area contributed by atoms with E-state index in [0.717, 1.165) is 17.4 Å². The summed E-state index contributed by atoms with van der Waals surface area (Å²) < 4.78 is 2.18. The number of aromatic nitrogens is 3. The Morgan fingerprint density at radius 1 is 1.27 bits per heavy atom. The van der Waals surface area contributed by atoms with Gasteiger partial charge in [-0.2, -0.15) is 0 Å². The molecular formula is C16H26N4OS. The first-order chi connectivity index (χ1) is 10.6. The Morgan fingerprint density at radius 2 is 2.05 bits per heavy atom. The smallest absolute Gasteiger partial charge is 0.230 e. The zero-order valence-electron chi connectivity index (χ0n) is 13.7. The van der Waals surface area contributed by atoms with E-state index in [1.807, 2.05) is 6.92 Å². The van der Waals surface area contributed by atoms with E-state index in [9.17, 15) is 4.79 Å². The minimum absolute atomic E-state index is 0.124. The lowest BCUT2D eigenvalue weighted by molar-refractivity contribution is -0.120. The number of thioether (sulfide) groups is 1. The summed E-state index contributed by atoms with van der Waals surface area (Å²) in [6, 6.07) is 0.889.